The van der Waals surface area contributed by atoms with E-state index in [0.717, 1.165) is 55.6 Å². The summed E-state index contributed by atoms with van der Waals surface area (Å²) in [5.41, 5.74) is 1.12. The molecule has 0 radical (unpaired) electrons. The predicted molar refractivity (Wildman–Crippen MR) is 146 cm³/mol. The highest BCUT2D eigenvalue weighted by molar-refractivity contribution is 5.76. The second kappa shape index (κ2) is 13.8. The molecule has 0 saturated carbocycles. The number of methoxy groups -OCH3 is 1. The molecule has 8 nitrogen and oxygen atoms in total. The molecule has 1 amide bonds. The van der Waals surface area contributed by atoms with Gasteiger partial charge in [-0.3, -0.25) is 9.69 Å². The number of carbonyl (C=O) groups is 1. The fourth-order valence-corrected chi connectivity index (χ4v) is 4.97. The number of nitrogens with zero attached hydrogens (tertiary/aromatic N) is 2. The molecule has 38 heavy (non-hydrogen) atoms. The topological polar surface area (TPSA) is 80.7 Å². The zero-order chi connectivity index (χ0) is 26.8. The van der Waals surface area contributed by atoms with Crippen LogP contribution in [0.15, 0.2) is 42.5 Å². The third-order valence-electron chi connectivity index (χ3n) is 7.10. The smallest absolute Gasteiger partial charge is 0.222 e. The first kappa shape index (κ1) is 28.2. The molecule has 0 aromatic heterocycles. The molecule has 8 heteroatoms. The van der Waals surface area contributed by atoms with E-state index in [1.54, 1.807) is 7.11 Å². The van der Waals surface area contributed by atoms with E-state index in [0.29, 0.717) is 50.8 Å². The SMILES string of the molecule is COc1cc(CN2CCOCC(O)(COc3ccc(C)cc3)C2)ccc1OCCCN1CCCCCC1=O. The number of hydrogen-bond acceptors (Lipinski definition) is 7. The molecule has 1 atom stereocenters. The van der Waals surface area contributed by atoms with Crippen LogP contribution >= 0.6 is 0 Å². The minimum absolute atomic E-state index is 0.158. The van der Waals surface area contributed by atoms with Crippen LogP contribution in [-0.4, -0.2) is 86.1 Å². The number of carbonyl (C=O) groups excluding carboxylic acids is 1. The van der Waals surface area contributed by atoms with Crippen molar-refractivity contribution in [2.75, 3.05) is 59.7 Å². The predicted octanol–water partition coefficient (Wildman–Crippen LogP) is 3.82. The summed E-state index contributed by atoms with van der Waals surface area (Å²) in [6.07, 6.45) is 4.67. The maximum atomic E-state index is 12.2. The van der Waals surface area contributed by atoms with Gasteiger partial charge in [-0.05, 0) is 56.0 Å². The van der Waals surface area contributed by atoms with Crippen LogP contribution < -0.4 is 14.2 Å². The van der Waals surface area contributed by atoms with Gasteiger partial charge in [-0.2, -0.15) is 0 Å². The molecule has 2 aromatic rings. The summed E-state index contributed by atoms with van der Waals surface area (Å²) in [6, 6.07) is 13.8. The van der Waals surface area contributed by atoms with Gasteiger partial charge in [0.1, 0.15) is 18.0 Å². The fraction of sp³-hybridized carbons (Fsp3) is 0.567. The first-order valence-electron chi connectivity index (χ1n) is 13.7. The van der Waals surface area contributed by atoms with Gasteiger partial charge in [0.15, 0.2) is 11.5 Å². The normalized spacial score (nSPS) is 21.0. The summed E-state index contributed by atoms with van der Waals surface area (Å²) in [4.78, 5) is 16.3. The van der Waals surface area contributed by atoms with E-state index >= 15 is 0 Å². The highest BCUT2D eigenvalue weighted by Crippen LogP contribution is 2.29. The minimum Gasteiger partial charge on any atom is -0.493 e. The Hall–Kier alpha value is -2.81. The Balaban J connectivity index is 1.29. The largest absolute Gasteiger partial charge is 0.493 e. The maximum absolute atomic E-state index is 12.2. The lowest BCUT2D eigenvalue weighted by Crippen LogP contribution is -2.48. The van der Waals surface area contributed by atoms with E-state index in [9.17, 15) is 9.90 Å². The average molecular weight is 527 g/mol. The quantitative estimate of drug-likeness (QED) is 0.446. The van der Waals surface area contributed by atoms with Crippen molar-refractivity contribution < 1.29 is 28.8 Å². The van der Waals surface area contributed by atoms with Crippen molar-refractivity contribution in [2.24, 2.45) is 0 Å². The lowest BCUT2D eigenvalue weighted by atomic mass is 10.1. The van der Waals surface area contributed by atoms with Crippen LogP contribution in [0.2, 0.25) is 0 Å². The van der Waals surface area contributed by atoms with Gasteiger partial charge in [-0.25, -0.2) is 0 Å². The maximum Gasteiger partial charge on any atom is 0.222 e. The van der Waals surface area contributed by atoms with Crippen LogP contribution in [0.5, 0.6) is 17.2 Å². The zero-order valence-corrected chi connectivity index (χ0v) is 22.8. The number of benzene rings is 2. The van der Waals surface area contributed by atoms with Crippen LogP contribution in [0.3, 0.4) is 0 Å². The second-order valence-electron chi connectivity index (χ2n) is 10.5. The van der Waals surface area contributed by atoms with Gasteiger partial charge < -0.3 is 29.0 Å². The Morgan fingerprint density at radius 3 is 2.68 bits per heavy atom. The number of β-amino-alcohol motifs (C(OH)–C–C–N with tert-alkyl or cyclic N) is 1. The van der Waals surface area contributed by atoms with Crippen molar-refractivity contribution in [1.29, 1.82) is 0 Å². The van der Waals surface area contributed by atoms with Crippen molar-refractivity contribution in [1.82, 2.24) is 9.80 Å². The minimum atomic E-state index is -1.11. The van der Waals surface area contributed by atoms with Gasteiger partial charge in [0.2, 0.25) is 5.91 Å². The van der Waals surface area contributed by atoms with Crippen molar-refractivity contribution in [3.05, 3.63) is 53.6 Å². The van der Waals surface area contributed by atoms with Crippen molar-refractivity contribution in [3.8, 4) is 17.2 Å². The third kappa shape index (κ3) is 8.35. The number of hydrogen-bond donors (Lipinski definition) is 1. The second-order valence-corrected chi connectivity index (χ2v) is 10.5. The molecular formula is C30H42N2O6. The van der Waals surface area contributed by atoms with Gasteiger partial charge in [0.25, 0.3) is 0 Å². The molecule has 0 aliphatic carbocycles. The molecule has 2 saturated heterocycles. The number of ether oxygens (including phenoxy) is 4. The van der Waals surface area contributed by atoms with Crippen molar-refractivity contribution in [2.45, 2.75) is 51.2 Å². The summed E-state index contributed by atoms with van der Waals surface area (Å²) >= 11 is 0. The lowest BCUT2D eigenvalue weighted by molar-refractivity contribution is -0.130. The summed E-state index contributed by atoms with van der Waals surface area (Å²) in [5.74, 6) is 2.37. The van der Waals surface area contributed by atoms with Crippen LogP contribution in [0.1, 0.15) is 43.2 Å². The van der Waals surface area contributed by atoms with Gasteiger partial charge >= 0.3 is 0 Å². The number of aliphatic hydroxyl groups is 1. The summed E-state index contributed by atoms with van der Waals surface area (Å²) in [5, 5.41) is 11.2. The van der Waals surface area contributed by atoms with Gasteiger partial charge in [-0.1, -0.05) is 30.2 Å². The van der Waals surface area contributed by atoms with E-state index in [1.807, 2.05) is 54.3 Å². The van der Waals surface area contributed by atoms with Crippen molar-refractivity contribution in [3.63, 3.8) is 0 Å². The summed E-state index contributed by atoms with van der Waals surface area (Å²) < 4.78 is 23.2. The molecule has 2 aliphatic rings. The van der Waals surface area contributed by atoms with E-state index in [4.69, 9.17) is 18.9 Å². The number of aryl methyl sites for hydroxylation is 1. The molecule has 0 spiro atoms. The van der Waals surface area contributed by atoms with Gasteiger partial charge in [0, 0.05) is 39.1 Å². The van der Waals surface area contributed by atoms with Crippen molar-refractivity contribution >= 4 is 5.91 Å². The summed E-state index contributed by atoms with van der Waals surface area (Å²) in [7, 11) is 1.64. The number of amides is 1. The lowest BCUT2D eigenvalue weighted by Gasteiger charge is -2.30. The molecule has 4 rings (SSSR count). The molecule has 2 heterocycles. The summed E-state index contributed by atoms with van der Waals surface area (Å²) in [6.45, 7) is 6.87. The highest BCUT2D eigenvalue weighted by Gasteiger charge is 2.33. The van der Waals surface area contributed by atoms with E-state index < -0.39 is 5.60 Å². The molecule has 2 aliphatic heterocycles. The first-order valence-corrected chi connectivity index (χ1v) is 13.7. The molecule has 208 valence electrons. The molecule has 2 aromatic carbocycles. The Kier molecular flexibility index (Phi) is 10.3. The third-order valence-corrected chi connectivity index (χ3v) is 7.10. The highest BCUT2D eigenvalue weighted by atomic mass is 16.5. The Morgan fingerprint density at radius 2 is 1.87 bits per heavy atom. The molecule has 1 unspecified atom stereocenters. The zero-order valence-electron chi connectivity index (χ0n) is 22.8. The van der Waals surface area contributed by atoms with E-state index in [-0.39, 0.29) is 19.1 Å². The Morgan fingerprint density at radius 1 is 1.03 bits per heavy atom. The molecule has 0 bridgehead atoms. The molecule has 2 fully saturated rings. The molecule has 1 N–H and O–H groups in total. The van der Waals surface area contributed by atoms with E-state index in [2.05, 4.69) is 4.90 Å². The Labute approximate surface area is 226 Å². The standard InChI is InChI=1S/C30H42N2O6/c1-24-8-11-26(12-9-24)38-23-30(34)21-31(16-18-36-22-30)20-25-10-13-27(28(19-25)35-2)37-17-6-15-32-14-5-3-4-7-29(32)33/h8-13,19,34H,3-7,14-18,20-23H2,1-2H3. The van der Waals surface area contributed by atoms with Crippen LogP contribution in [-0.2, 0) is 16.1 Å². The molecular weight excluding hydrogens is 484 g/mol. The first-order chi connectivity index (χ1) is 18.4. The Bertz CT molecular complexity index is 1030. The number of rotatable bonds is 11. The monoisotopic (exact) mass is 526 g/mol. The average Bonchev–Trinajstić information content (AvgIpc) is 3.24. The van der Waals surface area contributed by atoms with E-state index in [1.165, 1.54) is 0 Å². The fourth-order valence-electron chi connectivity index (χ4n) is 4.97. The van der Waals surface area contributed by atoms with Crippen LogP contribution in [0.4, 0.5) is 0 Å². The van der Waals surface area contributed by atoms with Crippen LogP contribution in [0.25, 0.3) is 0 Å². The van der Waals surface area contributed by atoms with Gasteiger partial charge in [-0.15, -0.1) is 0 Å². The van der Waals surface area contributed by atoms with Crippen LogP contribution in [0, 0.1) is 6.92 Å². The number of likely N-dealkylation sites (tertiary alicyclic amines) is 1. The van der Waals surface area contributed by atoms with Gasteiger partial charge in [0.05, 0.1) is 26.9 Å².